The van der Waals surface area contributed by atoms with E-state index in [1.54, 1.807) is 31.2 Å². The van der Waals surface area contributed by atoms with Gasteiger partial charge in [0.25, 0.3) is 0 Å². The molecule has 9 heteroatoms. The molecule has 1 amide bonds. The second-order valence-corrected chi connectivity index (χ2v) is 10.6. The molecule has 3 aromatic rings. The molecule has 1 N–H and O–H groups in total. The summed E-state index contributed by atoms with van der Waals surface area (Å²) >= 11 is 17.9. The Labute approximate surface area is 201 Å². The zero-order valence-electron chi connectivity index (χ0n) is 16.8. The van der Waals surface area contributed by atoms with Crippen LogP contribution < -0.4 is 5.32 Å². The molecule has 0 radical (unpaired) electrons. The van der Waals surface area contributed by atoms with Crippen molar-refractivity contribution in [2.24, 2.45) is 0 Å². The topological polar surface area (TPSA) is 87.0 Å². The molecule has 1 unspecified atom stereocenters. The van der Waals surface area contributed by atoms with E-state index < -0.39 is 26.9 Å². The lowest BCUT2D eigenvalue weighted by atomic mass is 9.83. The first kappa shape index (κ1) is 24.1. The summed E-state index contributed by atoms with van der Waals surface area (Å²) in [6.45, 7) is 1.55. The molecule has 0 spiro atoms. The average Bonchev–Trinajstić information content (AvgIpc) is 2.74. The first-order valence-corrected chi connectivity index (χ1v) is 12.1. The van der Waals surface area contributed by atoms with Crippen LogP contribution in [0.1, 0.15) is 18.1 Å². The van der Waals surface area contributed by atoms with E-state index in [1.165, 1.54) is 42.5 Å². The van der Waals surface area contributed by atoms with Crippen molar-refractivity contribution in [1.82, 2.24) is 0 Å². The van der Waals surface area contributed by atoms with Gasteiger partial charge in [-0.1, -0.05) is 46.9 Å². The van der Waals surface area contributed by atoms with Crippen molar-refractivity contribution in [3.05, 3.63) is 92.9 Å². The van der Waals surface area contributed by atoms with E-state index in [0.717, 1.165) is 0 Å². The average molecular weight is 508 g/mol. The molecule has 0 aromatic heterocycles. The Balaban J connectivity index is 2.02. The minimum atomic E-state index is -3.87. The highest BCUT2D eigenvalue weighted by molar-refractivity contribution is 7.91. The van der Waals surface area contributed by atoms with Crippen LogP contribution in [-0.2, 0) is 20.0 Å². The summed E-state index contributed by atoms with van der Waals surface area (Å²) in [7, 11) is -3.87. The van der Waals surface area contributed by atoms with Crippen LogP contribution in [0.15, 0.2) is 71.6 Å². The third-order valence-corrected chi connectivity index (χ3v) is 7.75. The number of nitrogens with zero attached hydrogens (tertiary/aromatic N) is 1. The van der Waals surface area contributed by atoms with E-state index in [0.29, 0.717) is 21.3 Å². The predicted molar refractivity (Wildman–Crippen MR) is 127 cm³/mol. The second-order valence-electron chi connectivity index (χ2n) is 7.31. The fourth-order valence-corrected chi connectivity index (χ4v) is 5.41. The fraction of sp³-hybridized carbons (Fsp3) is 0.130. The number of carbonyl (C=O) groups is 1. The largest absolute Gasteiger partial charge is 0.325 e. The lowest BCUT2D eigenvalue weighted by Gasteiger charge is -2.29. The summed E-state index contributed by atoms with van der Waals surface area (Å²) in [6, 6.07) is 18.6. The highest BCUT2D eigenvalue weighted by Gasteiger charge is 2.40. The molecule has 0 saturated heterocycles. The Bertz CT molecular complexity index is 1300. The Morgan fingerprint density at radius 2 is 1.53 bits per heavy atom. The number of hydrogen-bond donors (Lipinski definition) is 1. The fourth-order valence-electron chi connectivity index (χ4n) is 3.16. The number of sulfone groups is 1. The Hall–Kier alpha value is -2.56. The molecule has 3 aromatic carbocycles. The van der Waals surface area contributed by atoms with Gasteiger partial charge in [0.05, 0.1) is 26.6 Å². The van der Waals surface area contributed by atoms with Crippen molar-refractivity contribution in [3.63, 3.8) is 0 Å². The first-order valence-electron chi connectivity index (χ1n) is 9.31. The Morgan fingerprint density at radius 1 is 0.969 bits per heavy atom. The normalized spacial score (nSPS) is 13.1. The second kappa shape index (κ2) is 9.51. The van der Waals surface area contributed by atoms with Crippen molar-refractivity contribution >= 4 is 56.2 Å². The van der Waals surface area contributed by atoms with Crippen molar-refractivity contribution in [2.75, 3.05) is 11.1 Å². The van der Waals surface area contributed by atoms with Crippen molar-refractivity contribution in [1.29, 1.82) is 5.26 Å². The molecular weight excluding hydrogens is 491 g/mol. The molecule has 0 aliphatic carbocycles. The number of nitriles is 1. The molecule has 0 aliphatic heterocycles. The predicted octanol–water partition coefficient (Wildman–Crippen LogP) is 5.89. The van der Waals surface area contributed by atoms with Gasteiger partial charge in [0.1, 0.15) is 6.07 Å². The summed E-state index contributed by atoms with van der Waals surface area (Å²) in [5, 5.41) is 12.8. The van der Waals surface area contributed by atoms with E-state index in [1.807, 2.05) is 6.07 Å². The summed E-state index contributed by atoms with van der Waals surface area (Å²) < 4.78 is 26.4. The number of hydrogen-bond acceptors (Lipinski definition) is 4. The van der Waals surface area contributed by atoms with Crippen molar-refractivity contribution in [2.45, 2.75) is 17.2 Å². The summed E-state index contributed by atoms with van der Waals surface area (Å²) in [5.41, 5.74) is -0.404. The van der Waals surface area contributed by atoms with Crippen LogP contribution in [0.2, 0.25) is 15.1 Å². The summed E-state index contributed by atoms with van der Waals surface area (Å²) in [4.78, 5) is 13.5. The summed E-state index contributed by atoms with van der Waals surface area (Å²) in [6.07, 6.45) is 0. The standard InChI is InChI=1S/C23H17Cl3N2O3S/c1-23(16-3-5-17(24)6-4-16,14-32(30,31)20-10-7-18(25)8-11-20)22(29)28-19-9-2-15(13-27)21(26)12-19/h2-12H,14H2,1H3,(H,28,29). The molecule has 0 heterocycles. The van der Waals surface area contributed by atoms with Crippen LogP contribution in [-0.4, -0.2) is 20.1 Å². The van der Waals surface area contributed by atoms with Crippen LogP contribution >= 0.6 is 34.8 Å². The molecule has 0 bridgehead atoms. The zero-order chi connectivity index (χ0) is 23.5. The maximum atomic E-state index is 13.4. The molecule has 5 nitrogen and oxygen atoms in total. The maximum absolute atomic E-state index is 13.4. The van der Waals surface area contributed by atoms with Gasteiger partial charge in [-0.2, -0.15) is 5.26 Å². The van der Waals surface area contributed by atoms with Gasteiger partial charge in [-0.05, 0) is 67.1 Å². The van der Waals surface area contributed by atoms with E-state index in [4.69, 9.17) is 40.1 Å². The number of rotatable bonds is 6. The highest BCUT2D eigenvalue weighted by Crippen LogP contribution is 2.32. The van der Waals surface area contributed by atoms with Crippen LogP contribution in [0.25, 0.3) is 0 Å². The zero-order valence-corrected chi connectivity index (χ0v) is 19.9. The van der Waals surface area contributed by atoms with E-state index in [9.17, 15) is 13.2 Å². The third-order valence-electron chi connectivity index (χ3n) is 4.98. The molecule has 0 aliphatic rings. The molecular formula is C23H17Cl3N2O3S. The smallest absolute Gasteiger partial charge is 0.235 e. The number of nitrogens with one attached hydrogen (secondary N) is 1. The van der Waals surface area contributed by atoms with Gasteiger partial charge >= 0.3 is 0 Å². The molecule has 0 saturated carbocycles. The van der Waals surface area contributed by atoms with Gasteiger partial charge in [-0.25, -0.2) is 8.42 Å². The number of carbonyl (C=O) groups excluding carboxylic acids is 1. The van der Waals surface area contributed by atoms with Crippen molar-refractivity contribution < 1.29 is 13.2 Å². The van der Waals surface area contributed by atoms with Crippen LogP contribution in [0, 0.1) is 11.3 Å². The van der Waals surface area contributed by atoms with E-state index in [2.05, 4.69) is 5.32 Å². The van der Waals surface area contributed by atoms with Gasteiger partial charge < -0.3 is 5.32 Å². The minimum absolute atomic E-state index is 0.0521. The minimum Gasteiger partial charge on any atom is -0.325 e. The van der Waals surface area contributed by atoms with Gasteiger partial charge in [0.2, 0.25) is 5.91 Å². The van der Waals surface area contributed by atoms with Crippen LogP contribution in [0.4, 0.5) is 5.69 Å². The lowest BCUT2D eigenvalue weighted by molar-refractivity contribution is -0.120. The van der Waals surface area contributed by atoms with E-state index >= 15 is 0 Å². The number of amides is 1. The number of benzene rings is 3. The SMILES string of the molecule is CC(CS(=O)(=O)c1ccc(Cl)cc1)(C(=O)Nc1ccc(C#N)c(Cl)c1)c1ccc(Cl)cc1. The van der Waals surface area contributed by atoms with Gasteiger partial charge in [-0.15, -0.1) is 0 Å². The lowest BCUT2D eigenvalue weighted by Crippen LogP contribution is -2.43. The van der Waals surface area contributed by atoms with Crippen molar-refractivity contribution in [3.8, 4) is 6.07 Å². The van der Waals surface area contributed by atoms with Crippen LogP contribution in [0.5, 0.6) is 0 Å². The number of halogens is 3. The number of anilines is 1. The third kappa shape index (κ3) is 5.25. The quantitative estimate of drug-likeness (QED) is 0.451. The molecule has 1 atom stereocenters. The van der Waals surface area contributed by atoms with Gasteiger partial charge in [0.15, 0.2) is 9.84 Å². The molecule has 32 heavy (non-hydrogen) atoms. The molecule has 0 fully saturated rings. The molecule has 164 valence electrons. The first-order chi connectivity index (χ1) is 15.0. The van der Waals surface area contributed by atoms with Crippen LogP contribution in [0.3, 0.4) is 0 Å². The van der Waals surface area contributed by atoms with Gasteiger partial charge in [-0.3, -0.25) is 4.79 Å². The Kier molecular flexibility index (Phi) is 7.16. The van der Waals surface area contributed by atoms with Gasteiger partial charge in [0, 0.05) is 15.7 Å². The molecule has 3 rings (SSSR count). The highest BCUT2D eigenvalue weighted by atomic mass is 35.5. The summed E-state index contributed by atoms with van der Waals surface area (Å²) in [5.74, 6) is -1.06. The maximum Gasteiger partial charge on any atom is 0.235 e. The Morgan fingerprint density at radius 3 is 2.06 bits per heavy atom. The monoisotopic (exact) mass is 506 g/mol. The van der Waals surface area contributed by atoms with E-state index in [-0.39, 0.29) is 15.5 Å².